The van der Waals surface area contributed by atoms with E-state index < -0.39 is 105 Å². The fraction of sp³-hybridized carbons (Fsp3) is 1.00. The van der Waals surface area contributed by atoms with E-state index in [4.69, 9.17) is 28.4 Å². The first kappa shape index (κ1) is 33.8. The Balaban J connectivity index is 1.30. The van der Waals surface area contributed by atoms with Gasteiger partial charge in [-0.25, -0.2) is 0 Å². The van der Waals surface area contributed by atoms with Crippen LogP contribution in [0.1, 0.15) is 45.4 Å². The first-order valence-corrected chi connectivity index (χ1v) is 15.3. The molecule has 250 valence electrons. The molecule has 43 heavy (non-hydrogen) atoms. The highest BCUT2D eigenvalue weighted by Crippen LogP contribution is 2.42. The molecule has 5 rings (SSSR count). The van der Waals surface area contributed by atoms with E-state index >= 15 is 0 Å². The van der Waals surface area contributed by atoms with Gasteiger partial charge in [-0.1, -0.05) is 0 Å². The monoisotopic (exact) mass is 625 g/mol. The Morgan fingerprint density at radius 2 is 1.40 bits per heavy atom. The Hall–Kier alpha value is -0.600. The van der Waals surface area contributed by atoms with Crippen LogP contribution in [0.15, 0.2) is 0 Å². The molecule has 0 spiro atoms. The third-order valence-electron chi connectivity index (χ3n) is 10.1. The van der Waals surface area contributed by atoms with Gasteiger partial charge in [0.2, 0.25) is 0 Å². The van der Waals surface area contributed by atoms with Crippen LogP contribution >= 0.6 is 0 Å². The van der Waals surface area contributed by atoms with E-state index in [1.54, 1.807) is 0 Å². The smallest absolute Gasteiger partial charge is 0.187 e. The van der Waals surface area contributed by atoms with Gasteiger partial charge in [-0.2, -0.15) is 0 Å². The van der Waals surface area contributed by atoms with Crippen LogP contribution in [-0.4, -0.2) is 169 Å². The number of ether oxygens (including phenoxy) is 6. The number of rotatable bonds is 7. The fourth-order valence-electron chi connectivity index (χ4n) is 7.42. The normalized spacial score (nSPS) is 54.6. The first-order valence-electron chi connectivity index (χ1n) is 15.3. The highest BCUT2D eigenvalue weighted by atomic mass is 16.7. The third kappa shape index (κ3) is 7.06. The van der Waals surface area contributed by atoms with Crippen LogP contribution in [0, 0.1) is 11.8 Å². The zero-order chi connectivity index (χ0) is 31.2. The highest BCUT2D eigenvalue weighted by molar-refractivity contribution is 4.98. The summed E-state index contributed by atoms with van der Waals surface area (Å²) in [4.78, 5) is 0. The van der Waals surface area contributed by atoms with E-state index in [1.807, 2.05) is 0 Å². The molecule has 3 saturated heterocycles. The SMILES string of the molecule is COC1CC(C2[OH+]C3CC(O)CC(O)C3CC2O[C@@H]2O[C@H](CO[C@@H]3O[C@H](C)[C@@H](O)[C@@H](O)[C@@H]3O)[C@@H](O)[C@H](O)[C@H]2O)CCC1O. The third-order valence-corrected chi connectivity index (χ3v) is 10.1. The number of hydrogen-bond acceptors (Lipinski definition) is 14. The maximum absolute atomic E-state index is 10.9. The van der Waals surface area contributed by atoms with Crippen molar-refractivity contribution < 1.29 is 74.4 Å². The summed E-state index contributed by atoms with van der Waals surface area (Å²) in [6, 6.07) is 0. The molecule has 0 radical (unpaired) electrons. The number of aliphatic hydroxyl groups excluding tert-OH is 9. The average Bonchev–Trinajstić information content (AvgIpc) is 2.98. The molecule has 0 bridgehead atoms. The summed E-state index contributed by atoms with van der Waals surface area (Å²) in [7, 11) is 1.54. The van der Waals surface area contributed by atoms with Gasteiger partial charge in [0.15, 0.2) is 24.8 Å². The lowest BCUT2D eigenvalue weighted by molar-refractivity contribution is -0.362. The first-order chi connectivity index (χ1) is 20.4. The molecule has 5 fully saturated rings. The fourth-order valence-corrected chi connectivity index (χ4v) is 7.42. The lowest BCUT2D eigenvalue weighted by Crippen LogP contribution is -2.63. The molecule has 15 nitrogen and oxygen atoms in total. The molecule has 10 N–H and O–H groups in total. The summed E-state index contributed by atoms with van der Waals surface area (Å²) in [6.07, 6.45) is -15.6. The molecule has 3 aliphatic heterocycles. The summed E-state index contributed by atoms with van der Waals surface area (Å²) < 4.78 is 33.7. The van der Waals surface area contributed by atoms with Crippen LogP contribution in [0.4, 0.5) is 0 Å². The van der Waals surface area contributed by atoms with E-state index in [1.165, 1.54) is 14.0 Å². The Morgan fingerprint density at radius 3 is 2.12 bits per heavy atom. The van der Waals surface area contributed by atoms with Crippen molar-refractivity contribution in [2.24, 2.45) is 11.8 Å². The summed E-state index contributed by atoms with van der Waals surface area (Å²) in [5.41, 5.74) is 0. The van der Waals surface area contributed by atoms with Crippen LogP contribution in [0.3, 0.4) is 0 Å². The van der Waals surface area contributed by atoms with Gasteiger partial charge in [-0.15, -0.1) is 0 Å². The molecule has 0 amide bonds. The van der Waals surface area contributed by atoms with Gasteiger partial charge in [0.1, 0.15) is 48.8 Å². The predicted octanol–water partition coefficient (Wildman–Crippen LogP) is -4.00. The van der Waals surface area contributed by atoms with Gasteiger partial charge < -0.3 is 74.4 Å². The van der Waals surface area contributed by atoms with Crippen molar-refractivity contribution in [3.05, 3.63) is 0 Å². The second-order valence-electron chi connectivity index (χ2n) is 12.9. The van der Waals surface area contributed by atoms with Crippen LogP contribution in [-0.2, 0) is 23.7 Å². The summed E-state index contributed by atoms with van der Waals surface area (Å²) in [5, 5.41) is 93.9. The van der Waals surface area contributed by atoms with Crippen molar-refractivity contribution in [3.8, 4) is 0 Å². The second-order valence-corrected chi connectivity index (χ2v) is 12.9. The zero-order valence-electron chi connectivity index (χ0n) is 24.4. The van der Waals surface area contributed by atoms with Crippen LogP contribution in [0.2, 0.25) is 0 Å². The minimum absolute atomic E-state index is 0.0698. The van der Waals surface area contributed by atoms with Gasteiger partial charge in [0, 0.05) is 25.9 Å². The number of aliphatic hydroxyl groups is 11. The van der Waals surface area contributed by atoms with Crippen molar-refractivity contribution in [2.45, 2.75) is 150 Å². The summed E-state index contributed by atoms with van der Waals surface area (Å²) in [6.45, 7) is 1.08. The lowest BCUT2D eigenvalue weighted by Gasteiger charge is -2.48. The molecule has 3 heterocycles. The van der Waals surface area contributed by atoms with E-state index in [9.17, 15) is 46.0 Å². The molecule has 5 aliphatic rings. The molecular formula is C28H49O15+. The minimum Gasteiger partial charge on any atom is -0.427 e. The number of fused-ring (bicyclic) bond motifs is 1. The van der Waals surface area contributed by atoms with Crippen LogP contribution < -0.4 is 0 Å². The molecule has 0 aromatic rings. The maximum Gasteiger partial charge on any atom is 0.187 e. The molecule has 19 atom stereocenters. The van der Waals surface area contributed by atoms with Crippen LogP contribution in [0.5, 0.6) is 0 Å². The Labute approximate surface area is 249 Å². The van der Waals surface area contributed by atoms with Crippen molar-refractivity contribution in [3.63, 3.8) is 0 Å². The Kier molecular flexibility index (Phi) is 11.0. The molecule has 2 aliphatic carbocycles. The molecule has 0 aromatic carbocycles. The molecule has 15 heteroatoms. The average molecular weight is 626 g/mol. The predicted molar refractivity (Wildman–Crippen MR) is 143 cm³/mol. The maximum atomic E-state index is 10.9. The van der Waals surface area contributed by atoms with E-state index in [0.717, 1.165) is 0 Å². The van der Waals surface area contributed by atoms with Crippen molar-refractivity contribution in [1.29, 1.82) is 0 Å². The van der Waals surface area contributed by atoms with Crippen molar-refractivity contribution in [2.75, 3.05) is 13.7 Å². The standard InChI is InChI=1S/C28H48O15/c1-10-20(32)22(34)24(36)27(40-10)39-9-19-21(33)23(35)25(37)28(43-19)42-18-8-13-15(31)6-12(29)7-16(13)41-26(18)11-3-4-14(30)17(5-11)38-2/h10-37H,3-9H2,1-2H3/p+1/t10-,11?,12?,13?,14?,15?,16?,17?,18?,19-,20-,21-,22-,23+,24+,25-,26?,27-,28-/m1/s1. The van der Waals surface area contributed by atoms with Gasteiger partial charge in [0.25, 0.3) is 0 Å². The largest absolute Gasteiger partial charge is 0.427 e. The van der Waals surface area contributed by atoms with Gasteiger partial charge in [0.05, 0.1) is 43.0 Å². The quantitative estimate of drug-likeness (QED) is 0.123. The van der Waals surface area contributed by atoms with E-state index in [-0.39, 0.29) is 24.4 Å². The topological polar surface area (TPSA) is 241 Å². The van der Waals surface area contributed by atoms with Gasteiger partial charge in [-0.05, 0) is 32.6 Å². The number of methoxy groups -OCH3 is 1. The highest BCUT2D eigenvalue weighted by Gasteiger charge is 2.55. The summed E-state index contributed by atoms with van der Waals surface area (Å²) >= 11 is 0. The molecular weight excluding hydrogens is 576 g/mol. The van der Waals surface area contributed by atoms with Crippen LogP contribution in [0.25, 0.3) is 0 Å². The molecule has 9 unspecified atom stereocenters. The zero-order valence-corrected chi connectivity index (χ0v) is 24.4. The second kappa shape index (κ2) is 14.0. The van der Waals surface area contributed by atoms with E-state index in [0.29, 0.717) is 32.1 Å². The van der Waals surface area contributed by atoms with Crippen molar-refractivity contribution >= 4 is 0 Å². The Morgan fingerprint density at radius 1 is 0.698 bits per heavy atom. The summed E-state index contributed by atoms with van der Waals surface area (Å²) in [5.74, 6) is -0.374. The lowest BCUT2D eigenvalue weighted by atomic mass is 9.72. The van der Waals surface area contributed by atoms with Gasteiger partial charge >= 0.3 is 0 Å². The van der Waals surface area contributed by atoms with Gasteiger partial charge in [-0.3, -0.25) is 0 Å². The molecule has 2 saturated carbocycles. The molecule has 0 aromatic heterocycles. The van der Waals surface area contributed by atoms with E-state index in [2.05, 4.69) is 0 Å². The minimum atomic E-state index is -1.68. The Bertz CT molecular complexity index is 898. The van der Waals surface area contributed by atoms with Crippen molar-refractivity contribution in [1.82, 2.24) is 0 Å². The number of hydrogen-bond donors (Lipinski definition) is 9.